The quantitative estimate of drug-likeness (QED) is 0.853. The average Bonchev–Trinajstić information content (AvgIpc) is 3.00. The first-order valence-electron chi connectivity index (χ1n) is 6.86. The van der Waals surface area contributed by atoms with Crippen molar-refractivity contribution >= 4 is 11.6 Å². The average molecular weight is 291 g/mol. The maximum absolute atomic E-state index is 13.5. The highest BCUT2D eigenvalue weighted by atomic mass is 19.2. The van der Waals surface area contributed by atoms with Crippen molar-refractivity contribution in [3.05, 3.63) is 47.8 Å². The molecule has 110 valence electrons. The van der Waals surface area contributed by atoms with Crippen LogP contribution in [0.2, 0.25) is 0 Å². The Labute approximate surface area is 121 Å². The third-order valence-electron chi connectivity index (χ3n) is 3.79. The molecule has 2 aromatic rings. The van der Waals surface area contributed by atoms with Gasteiger partial charge in [-0.2, -0.15) is 5.10 Å². The van der Waals surface area contributed by atoms with Crippen molar-refractivity contribution in [2.24, 2.45) is 0 Å². The summed E-state index contributed by atoms with van der Waals surface area (Å²) >= 11 is 0. The molecule has 21 heavy (non-hydrogen) atoms. The topological polar surface area (TPSA) is 38.1 Å². The standard InChI is InChI=1S/C15H15F2N3O/c1-10(20-7-3-5-18-20)15(21)19-6-2-4-11-8-12(16)13(17)9-14(11)19/h3,5,7-10H,2,4,6H2,1H3/t10-/m1/s1. The van der Waals surface area contributed by atoms with Crippen LogP contribution in [-0.2, 0) is 11.2 Å². The Hall–Kier alpha value is -2.24. The van der Waals surface area contributed by atoms with E-state index in [2.05, 4.69) is 5.10 Å². The summed E-state index contributed by atoms with van der Waals surface area (Å²) in [5.74, 6) is -1.98. The summed E-state index contributed by atoms with van der Waals surface area (Å²) in [5.41, 5.74) is 1.13. The molecule has 0 saturated heterocycles. The first-order chi connectivity index (χ1) is 10.1. The number of hydrogen-bond acceptors (Lipinski definition) is 2. The number of fused-ring (bicyclic) bond motifs is 1. The van der Waals surface area contributed by atoms with E-state index in [0.717, 1.165) is 12.5 Å². The van der Waals surface area contributed by atoms with Crippen LogP contribution in [0.4, 0.5) is 14.5 Å². The largest absolute Gasteiger partial charge is 0.310 e. The number of benzene rings is 1. The second kappa shape index (κ2) is 5.27. The van der Waals surface area contributed by atoms with Crippen LogP contribution in [0.1, 0.15) is 24.9 Å². The van der Waals surface area contributed by atoms with Crippen molar-refractivity contribution < 1.29 is 13.6 Å². The molecule has 0 spiro atoms. The molecule has 1 aromatic carbocycles. The molecule has 1 aliphatic heterocycles. The number of nitrogens with zero attached hydrogens (tertiary/aromatic N) is 3. The van der Waals surface area contributed by atoms with Gasteiger partial charge in [-0.25, -0.2) is 8.78 Å². The molecule has 1 amide bonds. The SMILES string of the molecule is C[C@H](C(=O)N1CCCc2cc(F)c(F)cc21)n1cccn1. The van der Waals surface area contributed by atoms with E-state index in [-0.39, 0.29) is 5.91 Å². The van der Waals surface area contributed by atoms with Crippen LogP contribution in [0, 0.1) is 11.6 Å². The maximum Gasteiger partial charge on any atom is 0.251 e. The first-order valence-corrected chi connectivity index (χ1v) is 6.86. The van der Waals surface area contributed by atoms with Gasteiger partial charge in [0.1, 0.15) is 6.04 Å². The second-order valence-electron chi connectivity index (χ2n) is 5.15. The minimum Gasteiger partial charge on any atom is -0.310 e. The molecule has 0 unspecified atom stereocenters. The van der Waals surface area contributed by atoms with E-state index in [4.69, 9.17) is 0 Å². The highest BCUT2D eigenvalue weighted by Gasteiger charge is 2.28. The number of rotatable bonds is 2. The zero-order chi connectivity index (χ0) is 15.0. The van der Waals surface area contributed by atoms with E-state index < -0.39 is 17.7 Å². The molecule has 0 N–H and O–H groups in total. The van der Waals surface area contributed by atoms with Crippen LogP contribution in [0.25, 0.3) is 0 Å². The van der Waals surface area contributed by atoms with Crippen molar-refractivity contribution in [1.29, 1.82) is 0 Å². The zero-order valence-electron chi connectivity index (χ0n) is 11.6. The van der Waals surface area contributed by atoms with Crippen LogP contribution >= 0.6 is 0 Å². The number of carbonyl (C=O) groups is 1. The number of amides is 1. The van der Waals surface area contributed by atoms with Gasteiger partial charge in [-0.1, -0.05) is 0 Å². The smallest absolute Gasteiger partial charge is 0.251 e. The van der Waals surface area contributed by atoms with E-state index in [1.165, 1.54) is 11.0 Å². The Morgan fingerprint density at radius 2 is 2.10 bits per heavy atom. The molecule has 4 nitrogen and oxygen atoms in total. The molecular weight excluding hydrogens is 276 g/mol. The lowest BCUT2D eigenvalue weighted by Gasteiger charge is -2.31. The normalized spacial score (nSPS) is 15.7. The number of hydrogen-bond donors (Lipinski definition) is 0. The van der Waals surface area contributed by atoms with Gasteiger partial charge < -0.3 is 4.90 Å². The van der Waals surface area contributed by atoms with Crippen molar-refractivity contribution in [2.75, 3.05) is 11.4 Å². The summed E-state index contributed by atoms with van der Waals surface area (Å²) in [6.45, 7) is 2.24. The lowest BCUT2D eigenvalue weighted by Crippen LogP contribution is -2.40. The van der Waals surface area contributed by atoms with E-state index >= 15 is 0 Å². The molecule has 0 saturated carbocycles. The summed E-state index contributed by atoms with van der Waals surface area (Å²) < 4.78 is 28.4. The molecule has 0 fully saturated rings. The van der Waals surface area contributed by atoms with Gasteiger partial charge in [-0.3, -0.25) is 9.48 Å². The Kier molecular flexibility index (Phi) is 3.45. The third kappa shape index (κ3) is 2.41. The fourth-order valence-electron chi connectivity index (χ4n) is 2.65. The predicted octanol–water partition coefficient (Wildman–Crippen LogP) is 2.70. The first kappa shape index (κ1) is 13.7. The van der Waals surface area contributed by atoms with Crippen LogP contribution in [-0.4, -0.2) is 22.2 Å². The number of aromatic nitrogens is 2. The van der Waals surface area contributed by atoms with Crippen molar-refractivity contribution in [3.63, 3.8) is 0 Å². The Morgan fingerprint density at radius 3 is 2.81 bits per heavy atom. The van der Waals surface area contributed by atoms with Crippen LogP contribution in [0.5, 0.6) is 0 Å². The summed E-state index contributed by atoms with van der Waals surface area (Å²) in [5, 5.41) is 4.05. The van der Waals surface area contributed by atoms with Gasteiger partial charge in [-0.15, -0.1) is 0 Å². The Bertz CT molecular complexity index is 670. The fraction of sp³-hybridized carbons (Fsp3) is 0.333. The summed E-state index contributed by atoms with van der Waals surface area (Å²) in [4.78, 5) is 14.1. The van der Waals surface area contributed by atoms with Crippen LogP contribution in [0.15, 0.2) is 30.6 Å². The highest BCUT2D eigenvalue weighted by molar-refractivity contribution is 5.97. The minimum absolute atomic E-state index is 0.175. The van der Waals surface area contributed by atoms with Crippen molar-refractivity contribution in [3.8, 4) is 0 Å². The predicted molar refractivity (Wildman–Crippen MR) is 74.0 cm³/mol. The molecule has 1 atom stereocenters. The molecule has 0 bridgehead atoms. The number of halogens is 2. The summed E-state index contributed by atoms with van der Waals surface area (Å²) in [7, 11) is 0. The molecule has 3 rings (SSSR count). The Morgan fingerprint density at radius 1 is 1.33 bits per heavy atom. The van der Waals surface area contributed by atoms with E-state index in [1.54, 1.807) is 30.1 Å². The lowest BCUT2D eigenvalue weighted by atomic mass is 10.0. The molecule has 6 heteroatoms. The Balaban J connectivity index is 1.94. The summed E-state index contributed by atoms with van der Waals surface area (Å²) in [6.07, 6.45) is 4.68. The number of anilines is 1. The fourth-order valence-corrected chi connectivity index (χ4v) is 2.65. The zero-order valence-corrected chi connectivity index (χ0v) is 11.6. The third-order valence-corrected chi connectivity index (χ3v) is 3.79. The van der Waals surface area contributed by atoms with Gasteiger partial charge in [0.25, 0.3) is 5.91 Å². The van der Waals surface area contributed by atoms with E-state index in [0.29, 0.717) is 24.2 Å². The van der Waals surface area contributed by atoms with Gasteiger partial charge >= 0.3 is 0 Å². The van der Waals surface area contributed by atoms with Crippen molar-refractivity contribution in [1.82, 2.24) is 9.78 Å². The number of carbonyl (C=O) groups excluding carboxylic acids is 1. The molecule has 0 radical (unpaired) electrons. The molecule has 0 aliphatic carbocycles. The van der Waals surface area contributed by atoms with Gasteiger partial charge in [-0.05, 0) is 37.5 Å². The second-order valence-corrected chi connectivity index (χ2v) is 5.15. The van der Waals surface area contributed by atoms with Crippen LogP contribution in [0.3, 0.4) is 0 Å². The molecule has 2 heterocycles. The number of aryl methyl sites for hydroxylation is 1. The van der Waals surface area contributed by atoms with E-state index in [1.807, 2.05) is 0 Å². The van der Waals surface area contributed by atoms with Crippen LogP contribution < -0.4 is 4.90 Å². The highest BCUT2D eigenvalue weighted by Crippen LogP contribution is 2.30. The maximum atomic E-state index is 13.5. The molecule has 1 aliphatic rings. The van der Waals surface area contributed by atoms with E-state index in [9.17, 15) is 13.6 Å². The minimum atomic E-state index is -0.930. The lowest BCUT2D eigenvalue weighted by molar-refractivity contribution is -0.121. The summed E-state index contributed by atoms with van der Waals surface area (Å²) in [6, 6.07) is 3.54. The molecular formula is C15H15F2N3O. The van der Waals surface area contributed by atoms with Gasteiger partial charge in [0.15, 0.2) is 11.6 Å². The molecule has 1 aromatic heterocycles. The van der Waals surface area contributed by atoms with Gasteiger partial charge in [0.2, 0.25) is 0 Å². The van der Waals surface area contributed by atoms with Gasteiger partial charge in [0, 0.05) is 30.7 Å². The monoisotopic (exact) mass is 291 g/mol. The van der Waals surface area contributed by atoms with Gasteiger partial charge in [0.05, 0.1) is 0 Å². The van der Waals surface area contributed by atoms with Crippen molar-refractivity contribution in [2.45, 2.75) is 25.8 Å².